The second-order valence-electron chi connectivity index (χ2n) is 4.04. The molecule has 0 aliphatic rings. The van der Waals surface area contributed by atoms with Crippen LogP contribution >= 0.6 is 0 Å². The van der Waals surface area contributed by atoms with Crippen LogP contribution in [0.5, 0.6) is 0 Å². The van der Waals surface area contributed by atoms with Crippen molar-refractivity contribution in [1.82, 2.24) is 5.32 Å². The Hall–Kier alpha value is -1.51. The molecule has 0 unspecified atom stereocenters. The molecular formula is C12H21NO7. The van der Waals surface area contributed by atoms with Crippen LogP contribution in [-0.2, 0) is 23.9 Å². The molecule has 0 bridgehead atoms. The zero-order valence-electron chi connectivity index (χ0n) is 11.2. The summed E-state index contributed by atoms with van der Waals surface area (Å²) < 4.78 is 10.4. The maximum absolute atomic E-state index is 10.3. The number of rotatable bonds is 14. The fourth-order valence-corrected chi connectivity index (χ4v) is 1.28. The van der Waals surface area contributed by atoms with Crippen molar-refractivity contribution in [3.05, 3.63) is 0 Å². The molecular weight excluding hydrogens is 270 g/mol. The summed E-state index contributed by atoms with van der Waals surface area (Å²) in [5.74, 6) is -1.87. The van der Waals surface area contributed by atoms with Crippen molar-refractivity contribution in [2.75, 3.05) is 33.0 Å². The van der Waals surface area contributed by atoms with Crippen molar-refractivity contribution in [3.63, 3.8) is 0 Å². The molecule has 0 aromatic carbocycles. The molecule has 0 aromatic rings. The molecule has 0 heterocycles. The Bertz CT molecular complexity index is 274. The van der Waals surface area contributed by atoms with Gasteiger partial charge in [-0.15, -0.1) is 0 Å². The largest absolute Gasteiger partial charge is 0.481 e. The smallest absolute Gasteiger partial charge is 0.305 e. The third kappa shape index (κ3) is 12.9. The van der Waals surface area contributed by atoms with Gasteiger partial charge in [0, 0.05) is 13.0 Å². The summed E-state index contributed by atoms with van der Waals surface area (Å²) in [6.45, 7) is 1.11. The number of aliphatic carboxylic acids is 2. The number of hydrogen-bond donors (Lipinski definition) is 3. The summed E-state index contributed by atoms with van der Waals surface area (Å²) in [4.78, 5) is 30.9. The molecule has 20 heavy (non-hydrogen) atoms. The van der Waals surface area contributed by atoms with E-state index in [9.17, 15) is 14.4 Å². The van der Waals surface area contributed by atoms with Gasteiger partial charge in [0.15, 0.2) is 0 Å². The first kappa shape index (κ1) is 18.5. The van der Waals surface area contributed by atoms with Crippen molar-refractivity contribution < 1.29 is 34.1 Å². The van der Waals surface area contributed by atoms with Gasteiger partial charge in [0.05, 0.1) is 45.3 Å². The molecule has 0 aliphatic carbocycles. The van der Waals surface area contributed by atoms with Crippen LogP contribution in [0.4, 0.5) is 0 Å². The van der Waals surface area contributed by atoms with Crippen LogP contribution in [0.25, 0.3) is 0 Å². The van der Waals surface area contributed by atoms with Crippen molar-refractivity contribution in [2.45, 2.75) is 25.3 Å². The lowest BCUT2D eigenvalue weighted by Crippen LogP contribution is -2.38. The highest BCUT2D eigenvalue weighted by molar-refractivity contribution is 5.67. The Morgan fingerprint density at radius 3 is 1.95 bits per heavy atom. The summed E-state index contributed by atoms with van der Waals surface area (Å²) in [6.07, 6.45) is 0.962. The van der Waals surface area contributed by atoms with Gasteiger partial charge in [-0.25, -0.2) is 0 Å². The lowest BCUT2D eigenvalue weighted by Gasteiger charge is -2.18. The number of carbonyl (C=O) groups excluding carboxylic acids is 1. The zero-order chi connectivity index (χ0) is 15.2. The van der Waals surface area contributed by atoms with Crippen molar-refractivity contribution in [1.29, 1.82) is 0 Å². The van der Waals surface area contributed by atoms with Gasteiger partial charge in [0.1, 0.15) is 6.29 Å². The highest BCUT2D eigenvalue weighted by Gasteiger charge is 2.09. The maximum atomic E-state index is 10.3. The minimum Gasteiger partial charge on any atom is -0.481 e. The minimum atomic E-state index is -0.937. The quantitative estimate of drug-likeness (QED) is 0.289. The minimum absolute atomic E-state index is 0.0824. The van der Waals surface area contributed by atoms with Gasteiger partial charge in [-0.3, -0.25) is 9.59 Å². The van der Waals surface area contributed by atoms with E-state index < -0.39 is 11.9 Å². The molecule has 8 heteroatoms. The molecule has 0 amide bonds. The van der Waals surface area contributed by atoms with E-state index in [0.717, 1.165) is 6.29 Å². The molecule has 0 radical (unpaired) electrons. The number of hydrogen-bond acceptors (Lipinski definition) is 6. The molecule has 0 rings (SSSR count). The highest BCUT2D eigenvalue weighted by Crippen LogP contribution is 1.93. The van der Waals surface area contributed by atoms with Gasteiger partial charge in [-0.2, -0.15) is 0 Å². The normalized spacial score (nSPS) is 10.7. The number of ether oxygens (including phenoxy) is 2. The Balaban J connectivity index is 3.83. The van der Waals surface area contributed by atoms with Crippen molar-refractivity contribution in [2.24, 2.45) is 0 Å². The van der Waals surface area contributed by atoms with E-state index in [-0.39, 0.29) is 45.3 Å². The SMILES string of the molecule is O=CCCNC(COCCC(=O)O)COCCC(=O)O. The number of carboxylic acids is 2. The zero-order valence-corrected chi connectivity index (χ0v) is 11.2. The van der Waals surface area contributed by atoms with Gasteiger partial charge in [0.25, 0.3) is 0 Å². The Morgan fingerprint density at radius 2 is 1.55 bits per heavy atom. The molecule has 0 fully saturated rings. The fraction of sp³-hybridized carbons (Fsp3) is 0.750. The van der Waals surface area contributed by atoms with Gasteiger partial charge >= 0.3 is 11.9 Å². The molecule has 0 saturated heterocycles. The van der Waals surface area contributed by atoms with E-state index in [2.05, 4.69) is 5.32 Å². The van der Waals surface area contributed by atoms with E-state index in [1.807, 2.05) is 0 Å². The van der Waals surface area contributed by atoms with E-state index in [1.165, 1.54) is 0 Å². The van der Waals surface area contributed by atoms with Crippen LogP contribution in [-0.4, -0.2) is 67.5 Å². The molecule has 8 nitrogen and oxygen atoms in total. The van der Waals surface area contributed by atoms with Crippen LogP contribution in [0, 0.1) is 0 Å². The van der Waals surface area contributed by atoms with Gasteiger partial charge < -0.3 is 29.8 Å². The Labute approximate surface area is 117 Å². The van der Waals surface area contributed by atoms with Gasteiger partial charge in [0.2, 0.25) is 0 Å². The number of aldehydes is 1. The van der Waals surface area contributed by atoms with Crippen LogP contribution in [0.2, 0.25) is 0 Å². The van der Waals surface area contributed by atoms with E-state index in [1.54, 1.807) is 0 Å². The lowest BCUT2D eigenvalue weighted by atomic mass is 10.3. The molecule has 0 spiro atoms. The average Bonchev–Trinajstić information content (AvgIpc) is 2.38. The molecule has 0 aromatic heterocycles. The van der Waals surface area contributed by atoms with Crippen LogP contribution in [0.1, 0.15) is 19.3 Å². The molecule has 0 atom stereocenters. The summed E-state index contributed by atoms with van der Waals surface area (Å²) in [7, 11) is 0. The Kier molecular flexibility index (Phi) is 11.6. The molecule has 116 valence electrons. The molecule has 3 N–H and O–H groups in total. The van der Waals surface area contributed by atoms with Crippen LogP contribution < -0.4 is 5.32 Å². The van der Waals surface area contributed by atoms with E-state index in [4.69, 9.17) is 19.7 Å². The summed E-state index contributed by atoms with van der Waals surface area (Å²) in [6, 6.07) is -0.211. The third-order valence-electron chi connectivity index (χ3n) is 2.25. The topological polar surface area (TPSA) is 122 Å². The first-order valence-electron chi connectivity index (χ1n) is 6.32. The second kappa shape index (κ2) is 12.5. The lowest BCUT2D eigenvalue weighted by molar-refractivity contribution is -0.139. The highest BCUT2D eigenvalue weighted by atomic mass is 16.5. The third-order valence-corrected chi connectivity index (χ3v) is 2.25. The number of nitrogens with one attached hydrogen (secondary N) is 1. The maximum Gasteiger partial charge on any atom is 0.305 e. The van der Waals surface area contributed by atoms with Crippen molar-refractivity contribution in [3.8, 4) is 0 Å². The van der Waals surface area contributed by atoms with Gasteiger partial charge in [-0.1, -0.05) is 0 Å². The average molecular weight is 291 g/mol. The summed E-state index contributed by atoms with van der Waals surface area (Å²) in [5.41, 5.74) is 0. The van der Waals surface area contributed by atoms with Crippen molar-refractivity contribution >= 4 is 18.2 Å². The fourth-order valence-electron chi connectivity index (χ4n) is 1.28. The monoisotopic (exact) mass is 291 g/mol. The van der Waals surface area contributed by atoms with E-state index in [0.29, 0.717) is 13.0 Å². The first-order chi connectivity index (χ1) is 9.56. The second-order valence-corrected chi connectivity index (χ2v) is 4.04. The number of carboxylic acid groups (broad SMARTS) is 2. The van der Waals surface area contributed by atoms with Crippen LogP contribution in [0.3, 0.4) is 0 Å². The predicted octanol–water partition coefficient (Wildman–Crippen LogP) is -0.484. The van der Waals surface area contributed by atoms with E-state index >= 15 is 0 Å². The molecule has 0 aliphatic heterocycles. The molecule has 0 saturated carbocycles. The standard InChI is InChI=1S/C12H21NO7/c14-5-1-4-13-10(8-19-6-2-11(15)16)9-20-7-3-12(17)18/h5,10,13H,1-4,6-9H2,(H,15,16)(H,17,18). The predicted molar refractivity (Wildman–Crippen MR) is 68.6 cm³/mol. The summed E-state index contributed by atoms with van der Waals surface area (Å²) in [5, 5.41) is 19.9. The van der Waals surface area contributed by atoms with Gasteiger partial charge in [-0.05, 0) is 0 Å². The number of carbonyl (C=O) groups is 3. The summed E-state index contributed by atoms with van der Waals surface area (Å²) >= 11 is 0. The van der Waals surface area contributed by atoms with Crippen LogP contribution in [0.15, 0.2) is 0 Å². The first-order valence-corrected chi connectivity index (χ1v) is 6.32. The Morgan fingerprint density at radius 1 is 1.05 bits per heavy atom.